The van der Waals surface area contributed by atoms with Crippen molar-refractivity contribution in [2.24, 2.45) is 0 Å². The molecule has 0 aliphatic heterocycles. The lowest BCUT2D eigenvalue weighted by Crippen LogP contribution is -1.90. The van der Waals surface area contributed by atoms with Crippen LogP contribution in [-0.2, 0) is 0 Å². The van der Waals surface area contributed by atoms with E-state index in [9.17, 15) is 4.79 Å². The highest BCUT2D eigenvalue weighted by Crippen LogP contribution is 2.21. The van der Waals surface area contributed by atoms with Gasteiger partial charge in [-0.15, -0.1) is 0 Å². The number of carbonyl (C=O) groups is 1. The summed E-state index contributed by atoms with van der Waals surface area (Å²) in [7, 11) is 0. The van der Waals surface area contributed by atoms with Crippen LogP contribution in [0.5, 0.6) is 11.5 Å². The lowest BCUT2D eigenvalue weighted by Gasteiger charge is -1.99. The zero-order valence-electron chi connectivity index (χ0n) is 5.90. The van der Waals surface area contributed by atoms with Crippen LogP contribution >= 0.6 is 0 Å². The number of rotatable bonds is 1. The summed E-state index contributed by atoms with van der Waals surface area (Å²) in [5.74, 6) is -0.420. The summed E-state index contributed by atoms with van der Waals surface area (Å²) in [6, 6.07) is 1.09. The Morgan fingerprint density at radius 2 is 2.09 bits per heavy atom. The fourth-order valence-corrected chi connectivity index (χ4v) is 0.690. The summed E-state index contributed by atoms with van der Waals surface area (Å²) in [4.78, 5) is 13.8. The lowest BCUT2D eigenvalue weighted by molar-refractivity contribution is 0.111. The minimum atomic E-state index is -0.303. The summed E-state index contributed by atoms with van der Waals surface area (Å²) in [6.45, 7) is 1.54. The van der Waals surface area contributed by atoms with E-state index in [1.165, 1.54) is 0 Å². The van der Waals surface area contributed by atoms with Crippen molar-refractivity contribution in [2.75, 3.05) is 0 Å². The van der Waals surface area contributed by atoms with Crippen LogP contribution in [0.4, 0.5) is 0 Å². The number of aldehydes is 1. The second-order valence-corrected chi connectivity index (χ2v) is 2.12. The number of carbonyl (C=O) groups excluding carboxylic acids is 1. The number of pyridine rings is 1. The van der Waals surface area contributed by atoms with E-state index in [-0.39, 0.29) is 17.2 Å². The molecule has 11 heavy (non-hydrogen) atoms. The van der Waals surface area contributed by atoms with Gasteiger partial charge in [-0.2, -0.15) is 0 Å². The smallest absolute Gasteiger partial charge is 0.172 e. The van der Waals surface area contributed by atoms with Gasteiger partial charge in [0, 0.05) is 6.07 Å². The monoisotopic (exact) mass is 153 g/mol. The van der Waals surface area contributed by atoms with Crippen molar-refractivity contribution in [2.45, 2.75) is 6.92 Å². The van der Waals surface area contributed by atoms with E-state index < -0.39 is 0 Å². The van der Waals surface area contributed by atoms with Gasteiger partial charge in [0.1, 0.15) is 17.2 Å². The molecule has 1 rings (SSSR count). The SMILES string of the molecule is Cc1nc(C=O)c(O)cc1O. The van der Waals surface area contributed by atoms with Gasteiger partial charge >= 0.3 is 0 Å². The van der Waals surface area contributed by atoms with Crippen LogP contribution in [0, 0.1) is 6.92 Å². The summed E-state index contributed by atoms with van der Waals surface area (Å²) in [5, 5.41) is 17.9. The van der Waals surface area contributed by atoms with Gasteiger partial charge in [0.05, 0.1) is 5.69 Å². The van der Waals surface area contributed by atoms with Crippen LogP contribution in [0.15, 0.2) is 6.07 Å². The first-order chi connectivity index (χ1) is 5.15. The number of hydrogen-bond acceptors (Lipinski definition) is 4. The molecule has 0 amide bonds. The third-order valence-corrected chi connectivity index (χ3v) is 1.31. The van der Waals surface area contributed by atoms with E-state index in [2.05, 4.69) is 4.98 Å². The molecule has 0 saturated heterocycles. The van der Waals surface area contributed by atoms with Gasteiger partial charge in [0.2, 0.25) is 0 Å². The molecule has 1 aromatic rings. The quantitative estimate of drug-likeness (QED) is 0.580. The molecule has 0 aliphatic carbocycles. The normalized spacial score (nSPS) is 9.55. The van der Waals surface area contributed by atoms with Gasteiger partial charge in [-0.1, -0.05) is 0 Å². The topological polar surface area (TPSA) is 70.4 Å². The van der Waals surface area contributed by atoms with Crippen molar-refractivity contribution in [1.29, 1.82) is 0 Å². The molecule has 4 nitrogen and oxygen atoms in total. The fourth-order valence-electron chi connectivity index (χ4n) is 0.690. The van der Waals surface area contributed by atoms with Crippen molar-refractivity contribution in [1.82, 2.24) is 4.98 Å². The Morgan fingerprint density at radius 3 is 2.64 bits per heavy atom. The molecule has 0 radical (unpaired) electrons. The Morgan fingerprint density at radius 1 is 1.45 bits per heavy atom. The maximum absolute atomic E-state index is 10.2. The summed E-state index contributed by atoms with van der Waals surface area (Å²) in [5.41, 5.74) is 0.269. The first kappa shape index (κ1) is 7.53. The number of nitrogens with zero attached hydrogens (tertiary/aromatic N) is 1. The van der Waals surface area contributed by atoms with Crippen LogP contribution in [-0.4, -0.2) is 21.5 Å². The summed E-state index contributed by atoms with van der Waals surface area (Å²) >= 11 is 0. The molecule has 0 spiro atoms. The van der Waals surface area contributed by atoms with Crippen LogP contribution in [0.2, 0.25) is 0 Å². The molecule has 4 heteroatoms. The third kappa shape index (κ3) is 1.29. The van der Waals surface area contributed by atoms with E-state index in [4.69, 9.17) is 10.2 Å². The van der Waals surface area contributed by atoms with Gasteiger partial charge in [-0.25, -0.2) is 4.98 Å². The van der Waals surface area contributed by atoms with E-state index in [1.54, 1.807) is 6.92 Å². The molecule has 1 aromatic heterocycles. The van der Waals surface area contributed by atoms with Gasteiger partial charge in [-0.3, -0.25) is 4.79 Å². The van der Waals surface area contributed by atoms with Crippen molar-refractivity contribution in [3.05, 3.63) is 17.5 Å². The molecule has 0 atom stereocenters. The number of aryl methyl sites for hydroxylation is 1. The molecule has 2 N–H and O–H groups in total. The van der Waals surface area contributed by atoms with Gasteiger partial charge in [0.15, 0.2) is 6.29 Å². The molecule has 1 heterocycles. The van der Waals surface area contributed by atoms with Crippen molar-refractivity contribution in [3.8, 4) is 11.5 Å². The average Bonchev–Trinajstić information content (AvgIpc) is 1.97. The maximum Gasteiger partial charge on any atom is 0.172 e. The van der Waals surface area contributed by atoms with Gasteiger partial charge < -0.3 is 10.2 Å². The highest BCUT2D eigenvalue weighted by atomic mass is 16.3. The molecular formula is C7H7NO3. The fraction of sp³-hybridized carbons (Fsp3) is 0.143. The third-order valence-electron chi connectivity index (χ3n) is 1.31. The highest BCUT2D eigenvalue weighted by Gasteiger charge is 2.05. The molecule has 58 valence electrons. The standard InChI is InChI=1S/C7H7NO3/c1-4-6(10)2-7(11)5(3-9)8-4/h2-3,10-11H,1H3. The van der Waals surface area contributed by atoms with E-state index in [0.717, 1.165) is 6.07 Å². The van der Waals surface area contributed by atoms with E-state index >= 15 is 0 Å². The minimum Gasteiger partial charge on any atom is -0.506 e. The van der Waals surface area contributed by atoms with Crippen molar-refractivity contribution >= 4 is 6.29 Å². The van der Waals surface area contributed by atoms with Gasteiger partial charge in [0.25, 0.3) is 0 Å². The van der Waals surface area contributed by atoms with Gasteiger partial charge in [-0.05, 0) is 6.92 Å². The second-order valence-electron chi connectivity index (χ2n) is 2.12. The predicted molar refractivity (Wildman–Crippen MR) is 37.7 cm³/mol. The first-order valence-electron chi connectivity index (χ1n) is 3.00. The van der Waals surface area contributed by atoms with Crippen molar-refractivity contribution < 1.29 is 15.0 Å². The number of aromatic hydroxyl groups is 2. The van der Waals surface area contributed by atoms with Crippen LogP contribution in [0.25, 0.3) is 0 Å². The lowest BCUT2D eigenvalue weighted by atomic mass is 10.3. The average molecular weight is 153 g/mol. The molecule has 0 aromatic carbocycles. The Hall–Kier alpha value is -1.58. The van der Waals surface area contributed by atoms with Crippen LogP contribution in [0.1, 0.15) is 16.2 Å². The van der Waals surface area contributed by atoms with Crippen molar-refractivity contribution in [3.63, 3.8) is 0 Å². The molecule has 0 aliphatic rings. The molecular weight excluding hydrogens is 146 g/mol. The first-order valence-corrected chi connectivity index (χ1v) is 3.00. The summed E-state index contributed by atoms with van der Waals surface area (Å²) in [6.07, 6.45) is 0.432. The summed E-state index contributed by atoms with van der Waals surface area (Å²) < 4.78 is 0. The van der Waals surface area contributed by atoms with E-state index in [0.29, 0.717) is 12.0 Å². The molecule has 0 bridgehead atoms. The Balaban J connectivity index is 3.31. The van der Waals surface area contributed by atoms with Crippen LogP contribution in [0.3, 0.4) is 0 Å². The molecule has 0 fully saturated rings. The maximum atomic E-state index is 10.2. The number of aromatic nitrogens is 1. The molecule has 0 unspecified atom stereocenters. The number of hydrogen-bond donors (Lipinski definition) is 2. The Bertz CT molecular complexity index is 296. The van der Waals surface area contributed by atoms with E-state index in [1.807, 2.05) is 0 Å². The predicted octanol–water partition coefficient (Wildman–Crippen LogP) is 0.614. The largest absolute Gasteiger partial charge is 0.506 e. The Kier molecular flexibility index (Phi) is 1.76. The highest BCUT2D eigenvalue weighted by molar-refractivity contribution is 5.76. The zero-order valence-corrected chi connectivity index (χ0v) is 5.90. The molecule has 0 saturated carbocycles. The minimum absolute atomic E-state index is 0.0553. The Labute approximate surface area is 63.1 Å². The van der Waals surface area contributed by atoms with Crippen LogP contribution < -0.4 is 0 Å². The zero-order chi connectivity index (χ0) is 8.43. The second kappa shape index (κ2) is 2.57.